The zero-order valence-electron chi connectivity index (χ0n) is 11.6. The summed E-state index contributed by atoms with van der Waals surface area (Å²) in [6.07, 6.45) is 1.18. The minimum atomic E-state index is 0. The molecule has 102 valence electrons. The standard InChI is InChI=1S/C15H24N2.ClH/c1-4-15(14-8-6-5-7-9-14)17-10-12(2)16-13(3)11-17;/h5-9,12-13,15-16H,4,10-11H2,1-3H3;1H. The molecule has 1 aromatic rings. The molecular formula is C15H25ClN2. The van der Waals surface area contributed by atoms with Gasteiger partial charge in [0.2, 0.25) is 0 Å². The summed E-state index contributed by atoms with van der Waals surface area (Å²) < 4.78 is 0. The molecular weight excluding hydrogens is 244 g/mol. The fraction of sp³-hybridized carbons (Fsp3) is 0.600. The Kier molecular flexibility index (Phi) is 6.13. The second kappa shape index (κ2) is 7.13. The Morgan fingerprint density at radius 2 is 1.72 bits per heavy atom. The Morgan fingerprint density at radius 3 is 2.22 bits per heavy atom. The normalized spacial score (nSPS) is 26.4. The SMILES string of the molecule is CCC(c1ccccc1)N1CC(C)NC(C)C1.Cl. The second-order valence-electron chi connectivity index (χ2n) is 5.26. The summed E-state index contributed by atoms with van der Waals surface area (Å²) in [7, 11) is 0. The molecule has 1 heterocycles. The van der Waals surface area contributed by atoms with Crippen LogP contribution in [0, 0.1) is 0 Å². The maximum Gasteiger partial charge on any atom is 0.0346 e. The zero-order chi connectivity index (χ0) is 12.3. The van der Waals surface area contributed by atoms with Crippen molar-refractivity contribution in [2.45, 2.75) is 45.3 Å². The van der Waals surface area contributed by atoms with Crippen LogP contribution in [0.3, 0.4) is 0 Å². The van der Waals surface area contributed by atoms with Crippen LogP contribution in [-0.4, -0.2) is 30.1 Å². The summed E-state index contributed by atoms with van der Waals surface area (Å²) in [6.45, 7) is 9.14. The van der Waals surface area contributed by atoms with Crippen molar-refractivity contribution in [3.8, 4) is 0 Å². The third-order valence-corrected chi connectivity index (χ3v) is 3.60. The van der Waals surface area contributed by atoms with Crippen molar-refractivity contribution in [3.63, 3.8) is 0 Å². The zero-order valence-corrected chi connectivity index (χ0v) is 12.4. The van der Waals surface area contributed by atoms with Crippen LogP contribution in [0.4, 0.5) is 0 Å². The van der Waals surface area contributed by atoms with Crippen molar-refractivity contribution < 1.29 is 0 Å². The molecule has 1 fully saturated rings. The van der Waals surface area contributed by atoms with Gasteiger partial charge >= 0.3 is 0 Å². The van der Waals surface area contributed by atoms with Crippen LogP contribution in [0.1, 0.15) is 38.8 Å². The van der Waals surface area contributed by atoms with Crippen LogP contribution < -0.4 is 5.32 Å². The molecule has 2 rings (SSSR count). The van der Waals surface area contributed by atoms with Crippen LogP contribution >= 0.6 is 12.4 Å². The molecule has 0 aliphatic carbocycles. The molecule has 2 nitrogen and oxygen atoms in total. The van der Waals surface area contributed by atoms with E-state index in [0.29, 0.717) is 18.1 Å². The maximum atomic E-state index is 3.60. The van der Waals surface area contributed by atoms with E-state index in [1.165, 1.54) is 12.0 Å². The van der Waals surface area contributed by atoms with Crippen molar-refractivity contribution in [1.82, 2.24) is 10.2 Å². The molecule has 1 N–H and O–H groups in total. The predicted octanol–water partition coefficient (Wildman–Crippen LogP) is 3.24. The largest absolute Gasteiger partial charge is 0.309 e. The highest BCUT2D eigenvalue weighted by Gasteiger charge is 2.26. The van der Waals surface area contributed by atoms with Gasteiger partial charge in [-0.15, -0.1) is 12.4 Å². The van der Waals surface area contributed by atoms with E-state index in [4.69, 9.17) is 0 Å². The monoisotopic (exact) mass is 268 g/mol. The molecule has 0 aromatic heterocycles. The van der Waals surface area contributed by atoms with E-state index in [1.807, 2.05) is 0 Å². The first-order chi connectivity index (χ1) is 8.20. The number of benzene rings is 1. The summed E-state index contributed by atoms with van der Waals surface area (Å²) >= 11 is 0. The van der Waals surface area contributed by atoms with E-state index in [9.17, 15) is 0 Å². The first-order valence-corrected chi connectivity index (χ1v) is 6.75. The highest BCUT2D eigenvalue weighted by Crippen LogP contribution is 2.25. The second-order valence-corrected chi connectivity index (χ2v) is 5.26. The van der Waals surface area contributed by atoms with E-state index < -0.39 is 0 Å². The molecule has 1 saturated heterocycles. The average molecular weight is 269 g/mol. The van der Waals surface area contributed by atoms with E-state index >= 15 is 0 Å². The van der Waals surface area contributed by atoms with Gasteiger partial charge in [0.15, 0.2) is 0 Å². The Balaban J connectivity index is 0.00000162. The van der Waals surface area contributed by atoms with Gasteiger partial charge in [-0.3, -0.25) is 4.90 Å². The van der Waals surface area contributed by atoms with Gasteiger partial charge in [-0.1, -0.05) is 37.3 Å². The molecule has 18 heavy (non-hydrogen) atoms. The molecule has 0 saturated carbocycles. The summed E-state index contributed by atoms with van der Waals surface area (Å²) in [5, 5.41) is 3.60. The lowest BCUT2D eigenvalue weighted by Crippen LogP contribution is -2.54. The van der Waals surface area contributed by atoms with Gasteiger partial charge in [-0.05, 0) is 25.8 Å². The van der Waals surface area contributed by atoms with Gasteiger partial charge in [-0.25, -0.2) is 0 Å². The van der Waals surface area contributed by atoms with Gasteiger partial charge in [0.25, 0.3) is 0 Å². The molecule has 1 aliphatic heterocycles. The number of rotatable bonds is 3. The molecule has 0 spiro atoms. The average Bonchev–Trinajstić information content (AvgIpc) is 2.30. The molecule has 0 amide bonds. The number of hydrogen-bond acceptors (Lipinski definition) is 2. The van der Waals surface area contributed by atoms with E-state index in [1.54, 1.807) is 0 Å². The van der Waals surface area contributed by atoms with Gasteiger partial charge in [-0.2, -0.15) is 0 Å². The van der Waals surface area contributed by atoms with Crippen LogP contribution in [0.25, 0.3) is 0 Å². The van der Waals surface area contributed by atoms with Crippen LogP contribution in [0.5, 0.6) is 0 Å². The van der Waals surface area contributed by atoms with Crippen LogP contribution in [0.15, 0.2) is 30.3 Å². The number of halogens is 1. The molecule has 3 atom stereocenters. The van der Waals surface area contributed by atoms with Gasteiger partial charge in [0.1, 0.15) is 0 Å². The summed E-state index contributed by atoms with van der Waals surface area (Å²) in [5.74, 6) is 0. The Labute approximate surface area is 117 Å². The minimum absolute atomic E-state index is 0. The molecule has 1 aliphatic rings. The van der Waals surface area contributed by atoms with E-state index in [-0.39, 0.29) is 12.4 Å². The van der Waals surface area contributed by atoms with Crippen molar-refractivity contribution >= 4 is 12.4 Å². The quantitative estimate of drug-likeness (QED) is 0.905. The van der Waals surface area contributed by atoms with Crippen molar-refractivity contribution in [1.29, 1.82) is 0 Å². The fourth-order valence-electron chi connectivity index (χ4n) is 3.00. The maximum absolute atomic E-state index is 3.60. The van der Waals surface area contributed by atoms with Gasteiger partial charge < -0.3 is 5.32 Å². The fourth-order valence-corrected chi connectivity index (χ4v) is 3.00. The van der Waals surface area contributed by atoms with E-state index in [2.05, 4.69) is 61.3 Å². The van der Waals surface area contributed by atoms with Crippen molar-refractivity contribution in [2.24, 2.45) is 0 Å². The number of nitrogens with zero attached hydrogens (tertiary/aromatic N) is 1. The van der Waals surface area contributed by atoms with E-state index in [0.717, 1.165) is 13.1 Å². The van der Waals surface area contributed by atoms with Crippen molar-refractivity contribution in [3.05, 3.63) is 35.9 Å². The molecule has 3 heteroatoms. The summed E-state index contributed by atoms with van der Waals surface area (Å²) in [6, 6.07) is 12.7. The number of hydrogen-bond donors (Lipinski definition) is 1. The molecule has 3 unspecified atom stereocenters. The summed E-state index contributed by atoms with van der Waals surface area (Å²) in [4.78, 5) is 2.63. The Hall–Kier alpha value is -0.570. The first-order valence-electron chi connectivity index (χ1n) is 6.75. The van der Waals surface area contributed by atoms with Crippen molar-refractivity contribution in [2.75, 3.05) is 13.1 Å². The smallest absolute Gasteiger partial charge is 0.0346 e. The third-order valence-electron chi connectivity index (χ3n) is 3.60. The third kappa shape index (κ3) is 3.71. The van der Waals surface area contributed by atoms with Gasteiger partial charge in [0, 0.05) is 31.2 Å². The molecule has 0 bridgehead atoms. The molecule has 0 radical (unpaired) electrons. The predicted molar refractivity (Wildman–Crippen MR) is 80.4 cm³/mol. The number of nitrogens with one attached hydrogen (secondary N) is 1. The molecule has 1 aromatic carbocycles. The number of piperazine rings is 1. The highest BCUT2D eigenvalue weighted by atomic mass is 35.5. The minimum Gasteiger partial charge on any atom is -0.309 e. The topological polar surface area (TPSA) is 15.3 Å². The lowest BCUT2D eigenvalue weighted by Gasteiger charge is -2.41. The van der Waals surface area contributed by atoms with Crippen LogP contribution in [0.2, 0.25) is 0 Å². The summed E-state index contributed by atoms with van der Waals surface area (Å²) in [5.41, 5.74) is 1.45. The lowest BCUT2D eigenvalue weighted by atomic mass is 10.00. The highest BCUT2D eigenvalue weighted by molar-refractivity contribution is 5.85. The Morgan fingerprint density at radius 1 is 1.17 bits per heavy atom. The first kappa shape index (κ1) is 15.5. The van der Waals surface area contributed by atoms with Crippen LogP contribution in [-0.2, 0) is 0 Å². The van der Waals surface area contributed by atoms with Gasteiger partial charge in [0.05, 0.1) is 0 Å². The Bertz CT molecular complexity index is 332. The lowest BCUT2D eigenvalue weighted by molar-refractivity contribution is 0.119.